The first-order valence-electron chi connectivity index (χ1n) is 7.64. The van der Waals surface area contributed by atoms with Gasteiger partial charge in [-0.15, -0.1) is 0 Å². The van der Waals surface area contributed by atoms with Crippen LogP contribution in [0.5, 0.6) is 0 Å². The van der Waals surface area contributed by atoms with E-state index < -0.39 is 12.4 Å². The number of hydrogen-bond donors (Lipinski definition) is 2. The number of nitrogens with zero attached hydrogens (tertiary/aromatic N) is 2. The monoisotopic (exact) mass is 393 g/mol. The molecule has 0 atom stereocenters. The molecule has 0 saturated carbocycles. The number of aliphatic hydroxyl groups excluding tert-OH is 1. The molecular weight excluding hydrogens is 380 g/mol. The number of aromatic nitrogens is 2. The summed E-state index contributed by atoms with van der Waals surface area (Å²) in [6, 6.07) is 9.28. The maximum Gasteiger partial charge on any atom is 0.254 e. The molecule has 0 saturated heterocycles. The number of carbonyl (C=O) groups excluding carboxylic acids is 1. The molecule has 0 spiro atoms. The van der Waals surface area contributed by atoms with E-state index in [1.165, 1.54) is 23.0 Å². The highest BCUT2D eigenvalue weighted by molar-refractivity contribution is 6.35. The minimum atomic E-state index is -0.483. The van der Waals surface area contributed by atoms with Crippen molar-refractivity contribution in [1.82, 2.24) is 15.1 Å². The first-order chi connectivity index (χ1) is 12.5. The summed E-state index contributed by atoms with van der Waals surface area (Å²) in [5.74, 6) is -0.820. The third-order valence-electron chi connectivity index (χ3n) is 3.73. The zero-order valence-corrected chi connectivity index (χ0v) is 14.9. The van der Waals surface area contributed by atoms with Crippen LogP contribution in [0.3, 0.4) is 0 Å². The highest BCUT2D eigenvalue weighted by Crippen LogP contribution is 2.24. The molecule has 2 N–H and O–H groups in total. The van der Waals surface area contributed by atoms with E-state index in [0.717, 1.165) is 0 Å². The van der Waals surface area contributed by atoms with Gasteiger partial charge in [0, 0.05) is 23.3 Å². The van der Waals surface area contributed by atoms with Gasteiger partial charge in [-0.05, 0) is 35.9 Å². The van der Waals surface area contributed by atoms with E-state index in [2.05, 4.69) is 10.4 Å². The SMILES string of the molecule is O=C(NCc1ccc(F)c(CO)c1)c1cnn(-c2ccc(Cl)cc2Cl)c1. The second-order valence-corrected chi connectivity index (χ2v) is 6.38. The van der Waals surface area contributed by atoms with Crippen molar-refractivity contribution < 1.29 is 14.3 Å². The predicted molar refractivity (Wildman–Crippen MR) is 97.1 cm³/mol. The van der Waals surface area contributed by atoms with Crippen LogP contribution in [0.15, 0.2) is 48.8 Å². The van der Waals surface area contributed by atoms with E-state index >= 15 is 0 Å². The van der Waals surface area contributed by atoms with Gasteiger partial charge in [-0.1, -0.05) is 29.3 Å². The standard InChI is InChI=1S/C18H14Cl2FN3O2/c19-14-2-4-17(15(20)6-14)24-9-13(8-23-24)18(26)22-7-11-1-3-16(21)12(5-11)10-25/h1-6,8-9,25H,7,10H2,(H,22,26). The Balaban J connectivity index is 1.70. The third-order valence-corrected chi connectivity index (χ3v) is 4.27. The molecule has 8 heteroatoms. The first kappa shape index (κ1) is 18.4. The van der Waals surface area contributed by atoms with Crippen LogP contribution in [0.2, 0.25) is 10.0 Å². The number of aliphatic hydroxyl groups is 1. The Labute approximate surface area is 159 Å². The normalized spacial score (nSPS) is 10.8. The fraction of sp³-hybridized carbons (Fsp3) is 0.111. The van der Waals surface area contributed by atoms with E-state index in [-0.39, 0.29) is 18.0 Å². The zero-order valence-electron chi connectivity index (χ0n) is 13.4. The lowest BCUT2D eigenvalue weighted by Gasteiger charge is -2.06. The lowest BCUT2D eigenvalue weighted by atomic mass is 10.1. The average Bonchev–Trinajstić information content (AvgIpc) is 3.10. The summed E-state index contributed by atoms with van der Waals surface area (Å²) in [4.78, 5) is 12.3. The minimum absolute atomic E-state index is 0.182. The molecule has 0 aliphatic carbocycles. The fourth-order valence-corrected chi connectivity index (χ4v) is 2.88. The van der Waals surface area contributed by atoms with Gasteiger partial charge in [-0.3, -0.25) is 4.79 Å². The summed E-state index contributed by atoms with van der Waals surface area (Å²) in [5.41, 5.74) is 1.81. The van der Waals surface area contributed by atoms with Crippen molar-refractivity contribution in [2.45, 2.75) is 13.2 Å². The molecule has 5 nitrogen and oxygen atoms in total. The van der Waals surface area contributed by atoms with Crippen molar-refractivity contribution in [2.24, 2.45) is 0 Å². The van der Waals surface area contributed by atoms with Crippen LogP contribution in [-0.4, -0.2) is 20.8 Å². The van der Waals surface area contributed by atoms with Gasteiger partial charge in [0.15, 0.2) is 0 Å². The average molecular weight is 394 g/mol. The Morgan fingerprint density at radius 3 is 2.77 bits per heavy atom. The molecule has 0 radical (unpaired) electrons. The lowest BCUT2D eigenvalue weighted by molar-refractivity contribution is 0.0951. The van der Waals surface area contributed by atoms with Gasteiger partial charge < -0.3 is 10.4 Å². The number of halogens is 3. The first-order valence-corrected chi connectivity index (χ1v) is 8.40. The molecule has 0 aliphatic heterocycles. The van der Waals surface area contributed by atoms with Gasteiger partial charge in [0.2, 0.25) is 0 Å². The van der Waals surface area contributed by atoms with Crippen molar-refractivity contribution in [1.29, 1.82) is 0 Å². The van der Waals surface area contributed by atoms with E-state index in [9.17, 15) is 9.18 Å². The summed E-state index contributed by atoms with van der Waals surface area (Å²) in [5, 5.41) is 16.9. The molecule has 26 heavy (non-hydrogen) atoms. The lowest BCUT2D eigenvalue weighted by Crippen LogP contribution is -2.22. The van der Waals surface area contributed by atoms with Crippen LogP contribution in [0, 0.1) is 5.82 Å². The molecule has 0 bridgehead atoms. The number of benzene rings is 2. The Morgan fingerprint density at radius 1 is 1.23 bits per heavy atom. The van der Waals surface area contributed by atoms with E-state index in [1.807, 2.05) is 0 Å². The van der Waals surface area contributed by atoms with Gasteiger partial charge in [-0.2, -0.15) is 5.10 Å². The highest BCUT2D eigenvalue weighted by atomic mass is 35.5. The summed E-state index contributed by atoms with van der Waals surface area (Å²) < 4.78 is 14.9. The molecule has 1 heterocycles. The van der Waals surface area contributed by atoms with Crippen molar-refractivity contribution in [3.8, 4) is 5.69 Å². The smallest absolute Gasteiger partial charge is 0.254 e. The van der Waals surface area contributed by atoms with Gasteiger partial charge in [0.05, 0.1) is 29.1 Å². The van der Waals surface area contributed by atoms with E-state index in [0.29, 0.717) is 26.9 Å². The minimum Gasteiger partial charge on any atom is -0.392 e. The van der Waals surface area contributed by atoms with Crippen LogP contribution in [0.4, 0.5) is 4.39 Å². The molecular formula is C18H14Cl2FN3O2. The van der Waals surface area contributed by atoms with E-state index in [1.54, 1.807) is 30.5 Å². The summed E-state index contributed by atoms with van der Waals surface area (Å²) in [6.07, 6.45) is 2.97. The second kappa shape index (κ2) is 7.86. The van der Waals surface area contributed by atoms with E-state index in [4.69, 9.17) is 28.3 Å². The number of carbonyl (C=O) groups is 1. The second-order valence-electron chi connectivity index (χ2n) is 5.54. The molecule has 3 aromatic rings. The number of amides is 1. The third kappa shape index (κ3) is 4.04. The molecule has 134 valence electrons. The van der Waals surface area contributed by atoms with Crippen molar-refractivity contribution >= 4 is 29.1 Å². The quantitative estimate of drug-likeness (QED) is 0.693. The van der Waals surface area contributed by atoms with Gasteiger partial charge in [-0.25, -0.2) is 9.07 Å². The maximum absolute atomic E-state index is 13.4. The topological polar surface area (TPSA) is 67.2 Å². The molecule has 0 fully saturated rings. The Kier molecular flexibility index (Phi) is 5.56. The van der Waals surface area contributed by atoms with Crippen LogP contribution >= 0.6 is 23.2 Å². The summed E-state index contributed by atoms with van der Waals surface area (Å²) in [7, 11) is 0. The Morgan fingerprint density at radius 2 is 2.04 bits per heavy atom. The molecule has 0 unspecified atom stereocenters. The fourth-order valence-electron chi connectivity index (χ4n) is 2.38. The molecule has 3 rings (SSSR count). The van der Waals surface area contributed by atoms with Gasteiger partial charge in [0.25, 0.3) is 5.91 Å². The summed E-state index contributed by atoms with van der Waals surface area (Å²) in [6.45, 7) is -0.207. The van der Waals surface area contributed by atoms with Crippen LogP contribution < -0.4 is 5.32 Å². The Bertz CT molecular complexity index is 959. The van der Waals surface area contributed by atoms with Crippen molar-refractivity contribution in [2.75, 3.05) is 0 Å². The largest absolute Gasteiger partial charge is 0.392 e. The Hall–Kier alpha value is -2.41. The van der Waals surface area contributed by atoms with Crippen molar-refractivity contribution in [3.05, 3.63) is 81.3 Å². The molecule has 0 aliphatic rings. The number of rotatable bonds is 5. The van der Waals surface area contributed by atoms with Gasteiger partial charge >= 0.3 is 0 Å². The van der Waals surface area contributed by atoms with Crippen LogP contribution in [-0.2, 0) is 13.2 Å². The maximum atomic E-state index is 13.4. The molecule has 2 aromatic carbocycles. The highest BCUT2D eigenvalue weighted by Gasteiger charge is 2.12. The number of nitrogens with one attached hydrogen (secondary N) is 1. The van der Waals surface area contributed by atoms with Gasteiger partial charge in [0.1, 0.15) is 5.82 Å². The van der Waals surface area contributed by atoms with Crippen molar-refractivity contribution in [3.63, 3.8) is 0 Å². The number of hydrogen-bond acceptors (Lipinski definition) is 3. The zero-order chi connectivity index (χ0) is 18.7. The predicted octanol–water partition coefficient (Wildman–Crippen LogP) is 3.74. The summed E-state index contributed by atoms with van der Waals surface area (Å²) >= 11 is 12.0. The van der Waals surface area contributed by atoms with Crippen LogP contribution in [0.25, 0.3) is 5.69 Å². The molecule has 1 amide bonds. The van der Waals surface area contributed by atoms with Crippen LogP contribution in [0.1, 0.15) is 21.5 Å². The molecule has 1 aromatic heterocycles.